The molecular formula is C11H28N2O2P+. The van der Waals surface area contributed by atoms with Crippen LogP contribution in [0.15, 0.2) is 0 Å². The van der Waals surface area contributed by atoms with Gasteiger partial charge >= 0.3 is 0 Å². The van der Waals surface area contributed by atoms with Crippen LogP contribution in [0, 0.1) is 0 Å². The number of rotatable bonds is 10. The molecule has 4 nitrogen and oxygen atoms in total. The molecular weight excluding hydrogens is 223 g/mol. The van der Waals surface area contributed by atoms with Crippen molar-refractivity contribution < 1.29 is 9.05 Å². The van der Waals surface area contributed by atoms with Crippen LogP contribution in [0.3, 0.4) is 0 Å². The first-order valence-corrected chi connectivity index (χ1v) is 8.12. The summed E-state index contributed by atoms with van der Waals surface area (Å²) in [5.41, 5.74) is 0. The summed E-state index contributed by atoms with van der Waals surface area (Å²) in [6.45, 7) is 5.37. The summed E-state index contributed by atoms with van der Waals surface area (Å²) in [7, 11) is 6.13. The lowest BCUT2D eigenvalue weighted by Gasteiger charge is -2.16. The van der Waals surface area contributed by atoms with Gasteiger partial charge in [-0.2, -0.15) is 0 Å². The average Bonchev–Trinajstić information content (AvgIpc) is 2.27. The van der Waals surface area contributed by atoms with E-state index in [4.69, 9.17) is 9.05 Å². The average molecular weight is 251 g/mol. The highest BCUT2D eigenvalue weighted by Crippen LogP contribution is 2.56. The zero-order valence-electron chi connectivity index (χ0n) is 11.5. The molecule has 0 aliphatic heterocycles. The Balaban J connectivity index is 3.33. The Kier molecular flexibility index (Phi) is 9.47. The Morgan fingerprint density at radius 1 is 1.06 bits per heavy atom. The molecule has 5 heteroatoms. The highest BCUT2D eigenvalue weighted by atomic mass is 31.2. The van der Waals surface area contributed by atoms with E-state index >= 15 is 0 Å². The summed E-state index contributed by atoms with van der Waals surface area (Å²) in [4.78, 5) is 2.21. The lowest BCUT2D eigenvalue weighted by atomic mass is 10.4. The second-order valence-electron chi connectivity index (χ2n) is 4.36. The number of nitrogens with zero attached hydrogens (tertiary/aromatic N) is 1. The van der Waals surface area contributed by atoms with Crippen LogP contribution in [0.4, 0.5) is 0 Å². The van der Waals surface area contributed by atoms with E-state index in [1.165, 1.54) is 6.42 Å². The highest BCUT2D eigenvalue weighted by Gasteiger charge is 2.31. The fourth-order valence-corrected chi connectivity index (χ4v) is 2.64. The van der Waals surface area contributed by atoms with E-state index in [9.17, 15) is 0 Å². The van der Waals surface area contributed by atoms with Gasteiger partial charge in [-0.15, -0.1) is 0 Å². The monoisotopic (exact) mass is 251 g/mol. The SMILES string of the molecule is CO[P+](C)(CCCNCCCN(C)C)OC. The molecule has 0 spiro atoms. The van der Waals surface area contributed by atoms with E-state index in [2.05, 4.69) is 31.0 Å². The maximum absolute atomic E-state index is 5.40. The molecule has 0 fully saturated rings. The van der Waals surface area contributed by atoms with E-state index < -0.39 is 7.72 Å². The van der Waals surface area contributed by atoms with Crippen LogP contribution in [-0.4, -0.2) is 65.7 Å². The quantitative estimate of drug-likeness (QED) is 0.473. The van der Waals surface area contributed by atoms with Crippen molar-refractivity contribution in [2.24, 2.45) is 0 Å². The van der Waals surface area contributed by atoms with E-state index in [1.54, 1.807) is 14.2 Å². The van der Waals surface area contributed by atoms with E-state index in [1.807, 2.05) is 0 Å². The molecule has 0 unspecified atom stereocenters. The molecule has 0 saturated carbocycles. The van der Waals surface area contributed by atoms with Crippen molar-refractivity contribution in [3.05, 3.63) is 0 Å². The second-order valence-corrected chi connectivity index (χ2v) is 7.57. The second kappa shape index (κ2) is 9.32. The molecule has 0 aromatic rings. The minimum absolute atomic E-state index is 1.03. The van der Waals surface area contributed by atoms with Crippen molar-refractivity contribution in [1.29, 1.82) is 0 Å². The third-order valence-corrected chi connectivity index (χ3v) is 5.32. The van der Waals surface area contributed by atoms with Gasteiger partial charge in [0.25, 0.3) is 7.72 Å². The van der Waals surface area contributed by atoms with Crippen LogP contribution in [0.1, 0.15) is 12.8 Å². The Morgan fingerprint density at radius 3 is 2.12 bits per heavy atom. The van der Waals surface area contributed by atoms with Gasteiger partial charge in [0, 0.05) is 0 Å². The zero-order valence-corrected chi connectivity index (χ0v) is 12.3. The minimum Gasteiger partial charge on any atom is -0.317 e. The third kappa shape index (κ3) is 8.43. The van der Waals surface area contributed by atoms with Gasteiger partial charge in [-0.25, -0.2) is 9.05 Å². The first-order chi connectivity index (χ1) is 7.54. The number of hydrogen-bond donors (Lipinski definition) is 1. The molecule has 0 aliphatic rings. The fourth-order valence-electron chi connectivity index (χ4n) is 1.39. The molecule has 0 rings (SSSR count). The van der Waals surface area contributed by atoms with Gasteiger partial charge in [-0.05, 0) is 46.6 Å². The first kappa shape index (κ1) is 16.3. The molecule has 0 aromatic carbocycles. The molecule has 0 heterocycles. The maximum atomic E-state index is 5.40. The maximum Gasteiger partial charge on any atom is 0.271 e. The van der Waals surface area contributed by atoms with Gasteiger partial charge in [0.2, 0.25) is 0 Å². The van der Waals surface area contributed by atoms with Crippen molar-refractivity contribution in [3.8, 4) is 0 Å². The van der Waals surface area contributed by atoms with Crippen LogP contribution in [0.2, 0.25) is 0 Å². The van der Waals surface area contributed by atoms with Crippen LogP contribution in [0.25, 0.3) is 0 Å². The summed E-state index contributed by atoms with van der Waals surface area (Å²) >= 11 is 0. The Labute approximate surface area is 101 Å². The van der Waals surface area contributed by atoms with E-state index in [0.717, 1.165) is 32.2 Å². The predicted molar refractivity (Wildman–Crippen MR) is 72.4 cm³/mol. The van der Waals surface area contributed by atoms with Gasteiger partial charge < -0.3 is 10.2 Å². The summed E-state index contributed by atoms with van der Waals surface area (Å²) in [5, 5.41) is 3.44. The third-order valence-electron chi connectivity index (χ3n) is 2.65. The van der Waals surface area contributed by atoms with Crippen molar-refractivity contribution in [2.45, 2.75) is 12.8 Å². The standard InChI is InChI=1S/C11H28N2O2P/c1-13(2)10-6-8-12-9-7-11-16(5,14-3)15-4/h12H,6-11H2,1-5H3/q+1. The molecule has 16 heavy (non-hydrogen) atoms. The Hall–Kier alpha value is 0.270. The van der Waals surface area contributed by atoms with Gasteiger partial charge in [0.15, 0.2) is 0 Å². The molecule has 0 aromatic heterocycles. The van der Waals surface area contributed by atoms with Crippen molar-refractivity contribution in [3.63, 3.8) is 0 Å². The largest absolute Gasteiger partial charge is 0.317 e. The lowest BCUT2D eigenvalue weighted by molar-refractivity contribution is 0.320. The summed E-state index contributed by atoms with van der Waals surface area (Å²) in [6.07, 6.45) is 3.35. The van der Waals surface area contributed by atoms with Gasteiger partial charge in [0.05, 0.1) is 14.2 Å². The number of hydrogen-bond acceptors (Lipinski definition) is 4. The normalized spacial score (nSPS) is 12.4. The van der Waals surface area contributed by atoms with Crippen molar-refractivity contribution in [1.82, 2.24) is 10.2 Å². The van der Waals surface area contributed by atoms with Crippen LogP contribution in [0.5, 0.6) is 0 Å². The van der Waals surface area contributed by atoms with E-state index in [-0.39, 0.29) is 0 Å². The molecule has 1 N–H and O–H groups in total. The molecule has 0 bridgehead atoms. The smallest absolute Gasteiger partial charge is 0.271 e. The highest BCUT2D eigenvalue weighted by molar-refractivity contribution is 7.65. The summed E-state index contributed by atoms with van der Waals surface area (Å²) < 4.78 is 10.8. The number of nitrogens with one attached hydrogen (secondary N) is 1. The first-order valence-electron chi connectivity index (χ1n) is 5.86. The van der Waals surface area contributed by atoms with Crippen LogP contribution in [-0.2, 0) is 9.05 Å². The molecule has 0 atom stereocenters. The zero-order chi connectivity index (χ0) is 12.4. The topological polar surface area (TPSA) is 33.7 Å². The summed E-state index contributed by atoms with van der Waals surface area (Å²) in [6, 6.07) is 0. The van der Waals surface area contributed by atoms with Gasteiger partial charge in [0.1, 0.15) is 12.8 Å². The van der Waals surface area contributed by atoms with Crippen LogP contribution < -0.4 is 5.32 Å². The minimum atomic E-state index is -1.55. The van der Waals surface area contributed by atoms with Gasteiger partial charge in [-0.3, -0.25) is 0 Å². The van der Waals surface area contributed by atoms with Gasteiger partial charge in [-0.1, -0.05) is 0 Å². The predicted octanol–water partition coefficient (Wildman–Crippen LogP) is 1.69. The lowest BCUT2D eigenvalue weighted by Crippen LogP contribution is -2.22. The van der Waals surface area contributed by atoms with Crippen molar-refractivity contribution in [2.75, 3.05) is 60.8 Å². The van der Waals surface area contributed by atoms with Crippen LogP contribution >= 0.6 is 7.72 Å². The molecule has 0 radical (unpaired) electrons. The van der Waals surface area contributed by atoms with Crippen molar-refractivity contribution >= 4 is 7.72 Å². The van der Waals surface area contributed by atoms with E-state index in [0.29, 0.717) is 0 Å². The molecule has 0 saturated heterocycles. The molecule has 0 aliphatic carbocycles. The Morgan fingerprint density at radius 2 is 1.62 bits per heavy atom. The molecule has 0 amide bonds. The fraction of sp³-hybridized carbons (Fsp3) is 1.00. The Bertz CT molecular complexity index is 164. The molecule has 98 valence electrons. The summed E-state index contributed by atoms with van der Waals surface area (Å²) in [5.74, 6) is 0.